The van der Waals surface area contributed by atoms with Crippen LogP contribution < -0.4 is 10.1 Å². The second kappa shape index (κ2) is 7.00. The number of benzene rings is 1. The highest BCUT2D eigenvalue weighted by Crippen LogP contribution is 2.23. The maximum Gasteiger partial charge on any atom is 0.255 e. The smallest absolute Gasteiger partial charge is 0.255 e. The lowest BCUT2D eigenvalue weighted by Gasteiger charge is -2.15. The minimum Gasteiger partial charge on any atom is -0.496 e. The van der Waals surface area contributed by atoms with Crippen LogP contribution >= 0.6 is 27.5 Å². The molecule has 3 nitrogen and oxygen atoms in total. The molecule has 5 heteroatoms. The largest absolute Gasteiger partial charge is 0.496 e. The Hall–Kier alpha value is -0.740. The van der Waals surface area contributed by atoms with Crippen LogP contribution in [0, 0.1) is 5.92 Å². The summed E-state index contributed by atoms with van der Waals surface area (Å²) in [5.41, 5.74) is 0.491. The van der Waals surface area contributed by atoms with Gasteiger partial charge in [-0.05, 0) is 24.1 Å². The lowest BCUT2D eigenvalue weighted by atomic mass is 10.1. The summed E-state index contributed by atoms with van der Waals surface area (Å²) in [6, 6.07) is 4.96. The first-order valence-corrected chi connectivity index (χ1v) is 7.01. The third kappa shape index (κ3) is 4.18. The molecule has 0 aliphatic carbocycles. The second-order valence-electron chi connectivity index (χ2n) is 4.31. The van der Waals surface area contributed by atoms with Crippen LogP contribution in [0.1, 0.15) is 24.2 Å². The molecule has 1 rings (SSSR count). The average molecular weight is 335 g/mol. The van der Waals surface area contributed by atoms with Crippen molar-refractivity contribution in [3.8, 4) is 5.75 Å². The molecule has 0 heterocycles. The van der Waals surface area contributed by atoms with Gasteiger partial charge in [-0.2, -0.15) is 0 Å². The van der Waals surface area contributed by atoms with Crippen LogP contribution in [0.2, 0.25) is 5.02 Å². The Morgan fingerprint density at radius 1 is 1.50 bits per heavy atom. The van der Waals surface area contributed by atoms with Crippen LogP contribution in [0.4, 0.5) is 0 Å². The average Bonchev–Trinajstić information content (AvgIpc) is 2.34. The van der Waals surface area contributed by atoms with Crippen LogP contribution in [-0.4, -0.2) is 24.4 Å². The zero-order valence-electron chi connectivity index (χ0n) is 10.7. The number of alkyl halides is 1. The number of ether oxygens (including phenoxy) is 1. The highest BCUT2D eigenvalue weighted by atomic mass is 79.9. The minimum atomic E-state index is -0.159. The van der Waals surface area contributed by atoms with E-state index in [4.69, 9.17) is 16.3 Å². The summed E-state index contributed by atoms with van der Waals surface area (Å²) in [5.74, 6) is 0.779. The fourth-order valence-corrected chi connectivity index (χ4v) is 1.70. The summed E-state index contributed by atoms with van der Waals surface area (Å²) in [4.78, 5) is 12.3. The van der Waals surface area contributed by atoms with E-state index >= 15 is 0 Å². The number of hydrogen-bond acceptors (Lipinski definition) is 2. The van der Waals surface area contributed by atoms with Crippen molar-refractivity contribution in [1.82, 2.24) is 5.32 Å². The van der Waals surface area contributed by atoms with E-state index in [2.05, 4.69) is 35.1 Å². The molecule has 1 N–H and O–H groups in total. The third-order valence-corrected chi connectivity index (χ3v) is 4.21. The van der Waals surface area contributed by atoms with Crippen LogP contribution in [0.5, 0.6) is 5.75 Å². The van der Waals surface area contributed by atoms with Crippen LogP contribution in [0.3, 0.4) is 0 Å². The Balaban J connectivity index is 2.72. The summed E-state index contributed by atoms with van der Waals surface area (Å²) in [7, 11) is 1.52. The topological polar surface area (TPSA) is 38.3 Å². The summed E-state index contributed by atoms with van der Waals surface area (Å²) in [5, 5.41) is 3.41. The molecule has 0 aliphatic rings. The zero-order valence-corrected chi connectivity index (χ0v) is 13.0. The summed E-state index contributed by atoms with van der Waals surface area (Å²) in [6.07, 6.45) is 0. The van der Waals surface area contributed by atoms with E-state index in [9.17, 15) is 4.79 Å². The summed E-state index contributed by atoms with van der Waals surface area (Å²) in [6.45, 7) is 4.76. The van der Waals surface area contributed by atoms with Crippen LogP contribution in [0.15, 0.2) is 18.2 Å². The van der Waals surface area contributed by atoms with E-state index in [-0.39, 0.29) is 10.7 Å². The first-order chi connectivity index (χ1) is 8.45. The van der Waals surface area contributed by atoms with Crippen molar-refractivity contribution < 1.29 is 9.53 Å². The van der Waals surface area contributed by atoms with E-state index in [1.54, 1.807) is 18.2 Å². The molecule has 1 unspecified atom stereocenters. The number of rotatable bonds is 5. The summed E-state index contributed by atoms with van der Waals surface area (Å²) >= 11 is 9.37. The Labute approximate surface area is 121 Å². The fraction of sp³-hybridized carbons (Fsp3) is 0.462. The third-order valence-electron chi connectivity index (χ3n) is 2.59. The van der Waals surface area contributed by atoms with Gasteiger partial charge in [0.15, 0.2) is 0 Å². The lowest BCUT2D eigenvalue weighted by Crippen LogP contribution is -2.31. The van der Waals surface area contributed by atoms with Crippen molar-refractivity contribution in [2.75, 3.05) is 13.7 Å². The van der Waals surface area contributed by atoms with Gasteiger partial charge in [0.05, 0.1) is 12.7 Å². The van der Waals surface area contributed by atoms with Crippen molar-refractivity contribution in [2.45, 2.75) is 18.7 Å². The molecule has 18 heavy (non-hydrogen) atoms. The monoisotopic (exact) mass is 333 g/mol. The molecule has 100 valence electrons. The van der Waals surface area contributed by atoms with Gasteiger partial charge in [-0.1, -0.05) is 41.4 Å². The highest BCUT2D eigenvalue weighted by Gasteiger charge is 2.15. The van der Waals surface area contributed by atoms with E-state index in [1.807, 2.05) is 0 Å². The molecular weight excluding hydrogens is 318 g/mol. The molecule has 0 saturated heterocycles. The SMILES string of the molecule is COc1cc(Cl)ccc1C(=O)NCC(Br)C(C)C. The molecule has 0 fully saturated rings. The number of carbonyl (C=O) groups is 1. The molecule has 1 aromatic rings. The van der Waals surface area contributed by atoms with Crippen LogP contribution in [0.25, 0.3) is 0 Å². The number of hydrogen-bond donors (Lipinski definition) is 1. The first-order valence-electron chi connectivity index (χ1n) is 5.71. The molecule has 0 spiro atoms. The van der Waals surface area contributed by atoms with Crippen molar-refractivity contribution in [3.05, 3.63) is 28.8 Å². The van der Waals surface area contributed by atoms with Crippen molar-refractivity contribution in [1.29, 1.82) is 0 Å². The number of amides is 1. The molecule has 1 atom stereocenters. The van der Waals surface area contributed by atoms with Gasteiger partial charge >= 0.3 is 0 Å². The maximum atomic E-state index is 12.0. The van der Waals surface area contributed by atoms with E-state index in [0.29, 0.717) is 28.8 Å². The Kier molecular flexibility index (Phi) is 5.96. The molecule has 0 bridgehead atoms. The van der Waals surface area contributed by atoms with Gasteiger partial charge in [-0.3, -0.25) is 4.79 Å². The van der Waals surface area contributed by atoms with Gasteiger partial charge in [0.25, 0.3) is 5.91 Å². The molecule has 1 amide bonds. The Bertz CT molecular complexity index is 423. The number of nitrogens with one attached hydrogen (secondary N) is 1. The van der Waals surface area contributed by atoms with Gasteiger partial charge in [0.2, 0.25) is 0 Å². The quantitative estimate of drug-likeness (QED) is 0.837. The van der Waals surface area contributed by atoms with Crippen molar-refractivity contribution in [2.24, 2.45) is 5.92 Å². The minimum absolute atomic E-state index is 0.159. The van der Waals surface area contributed by atoms with E-state index < -0.39 is 0 Å². The van der Waals surface area contributed by atoms with E-state index in [0.717, 1.165) is 0 Å². The first kappa shape index (κ1) is 15.3. The molecule has 0 saturated carbocycles. The second-order valence-corrected chi connectivity index (χ2v) is 5.93. The molecule has 1 aromatic carbocycles. The number of carbonyl (C=O) groups excluding carboxylic acids is 1. The van der Waals surface area contributed by atoms with Gasteiger partial charge in [-0.25, -0.2) is 0 Å². The van der Waals surface area contributed by atoms with Gasteiger partial charge in [0, 0.05) is 16.4 Å². The van der Waals surface area contributed by atoms with Crippen LogP contribution in [-0.2, 0) is 0 Å². The molecule has 0 radical (unpaired) electrons. The molecule has 0 aromatic heterocycles. The fourth-order valence-electron chi connectivity index (χ4n) is 1.37. The zero-order chi connectivity index (χ0) is 13.7. The normalized spacial score (nSPS) is 12.3. The number of halogens is 2. The number of methoxy groups -OCH3 is 1. The maximum absolute atomic E-state index is 12.0. The van der Waals surface area contributed by atoms with Gasteiger partial charge < -0.3 is 10.1 Å². The van der Waals surface area contributed by atoms with Gasteiger partial charge in [0.1, 0.15) is 5.75 Å². The van der Waals surface area contributed by atoms with E-state index in [1.165, 1.54) is 7.11 Å². The Morgan fingerprint density at radius 3 is 2.72 bits per heavy atom. The Morgan fingerprint density at radius 2 is 2.17 bits per heavy atom. The predicted octanol–water partition coefficient (Wildman–Crippen LogP) is 3.50. The van der Waals surface area contributed by atoms with Gasteiger partial charge in [-0.15, -0.1) is 0 Å². The standard InChI is InChI=1S/C13H17BrClNO2/c1-8(2)11(14)7-16-13(17)10-5-4-9(15)6-12(10)18-3/h4-6,8,11H,7H2,1-3H3,(H,16,17). The summed E-state index contributed by atoms with van der Waals surface area (Å²) < 4.78 is 5.14. The predicted molar refractivity (Wildman–Crippen MR) is 77.9 cm³/mol. The molecule has 0 aliphatic heterocycles. The van der Waals surface area contributed by atoms with Crippen molar-refractivity contribution in [3.63, 3.8) is 0 Å². The lowest BCUT2D eigenvalue weighted by molar-refractivity contribution is 0.0950. The van der Waals surface area contributed by atoms with Crippen molar-refractivity contribution >= 4 is 33.4 Å². The highest BCUT2D eigenvalue weighted by molar-refractivity contribution is 9.09. The molecular formula is C13H17BrClNO2.